The first-order valence-corrected chi connectivity index (χ1v) is 6.90. The zero-order valence-corrected chi connectivity index (χ0v) is 12.9. The van der Waals surface area contributed by atoms with Gasteiger partial charge < -0.3 is 9.84 Å². The van der Waals surface area contributed by atoms with E-state index in [0.717, 1.165) is 24.8 Å². The van der Waals surface area contributed by atoms with Gasteiger partial charge in [-0.2, -0.15) is 0 Å². The topological polar surface area (TPSA) is 46.5 Å². The summed E-state index contributed by atoms with van der Waals surface area (Å²) in [6, 6.07) is 0. The Morgan fingerprint density at radius 3 is 2.58 bits per heavy atom. The maximum absolute atomic E-state index is 10.4. The molecule has 110 valence electrons. The lowest BCUT2D eigenvalue weighted by Crippen LogP contribution is -2.22. The molecule has 19 heavy (non-hydrogen) atoms. The average molecular weight is 268 g/mol. The Morgan fingerprint density at radius 2 is 2.05 bits per heavy atom. The second kappa shape index (κ2) is 8.92. The molecule has 0 rings (SSSR count). The van der Waals surface area contributed by atoms with Crippen LogP contribution in [0.2, 0.25) is 0 Å². The van der Waals surface area contributed by atoms with Gasteiger partial charge in [-0.25, -0.2) is 4.79 Å². The number of allylic oxidation sites excluding steroid dienone is 3. The van der Waals surface area contributed by atoms with Crippen molar-refractivity contribution in [3.8, 4) is 0 Å². The van der Waals surface area contributed by atoms with Crippen molar-refractivity contribution in [3.63, 3.8) is 0 Å². The molecule has 0 aliphatic rings. The molecule has 1 N–H and O–H groups in total. The SMILES string of the molecule is COC(C)(C)CCCC(C)CC=CC(C)=CC(=O)O. The van der Waals surface area contributed by atoms with Gasteiger partial charge in [0.05, 0.1) is 5.60 Å². The first-order chi connectivity index (χ1) is 8.76. The van der Waals surface area contributed by atoms with Crippen LogP contribution in [0.4, 0.5) is 0 Å². The minimum atomic E-state index is -0.892. The fourth-order valence-electron chi connectivity index (χ4n) is 1.83. The highest BCUT2D eigenvalue weighted by Gasteiger charge is 2.15. The van der Waals surface area contributed by atoms with Gasteiger partial charge in [-0.05, 0) is 45.1 Å². The van der Waals surface area contributed by atoms with Crippen LogP contribution in [0, 0.1) is 5.92 Å². The molecule has 1 unspecified atom stereocenters. The molecule has 1 atom stereocenters. The molecule has 0 spiro atoms. The standard InChI is InChI=1S/C16H28O3/c1-13(10-7-11-16(3,4)19-5)8-6-9-14(2)12-15(17)18/h6,9,12-13H,7-8,10-11H2,1-5H3,(H,17,18). The third kappa shape index (κ3) is 10.5. The van der Waals surface area contributed by atoms with Gasteiger partial charge in [-0.3, -0.25) is 0 Å². The molecular weight excluding hydrogens is 240 g/mol. The highest BCUT2D eigenvalue weighted by Crippen LogP contribution is 2.20. The molecule has 0 aromatic heterocycles. The zero-order valence-electron chi connectivity index (χ0n) is 12.9. The molecule has 0 radical (unpaired) electrons. The van der Waals surface area contributed by atoms with Crippen LogP contribution in [0.15, 0.2) is 23.8 Å². The van der Waals surface area contributed by atoms with Crippen molar-refractivity contribution in [2.45, 2.75) is 59.0 Å². The summed E-state index contributed by atoms with van der Waals surface area (Å²) in [6.45, 7) is 8.24. The van der Waals surface area contributed by atoms with E-state index < -0.39 is 5.97 Å². The fourth-order valence-corrected chi connectivity index (χ4v) is 1.83. The molecular formula is C16H28O3. The molecule has 0 aromatic rings. The second-order valence-corrected chi connectivity index (χ2v) is 5.83. The predicted molar refractivity (Wildman–Crippen MR) is 79.3 cm³/mol. The van der Waals surface area contributed by atoms with Crippen molar-refractivity contribution in [3.05, 3.63) is 23.8 Å². The second-order valence-electron chi connectivity index (χ2n) is 5.83. The molecule has 0 aromatic carbocycles. The smallest absolute Gasteiger partial charge is 0.328 e. The number of hydrogen-bond acceptors (Lipinski definition) is 2. The zero-order chi connectivity index (χ0) is 14.9. The Hall–Kier alpha value is -1.09. The highest BCUT2D eigenvalue weighted by atomic mass is 16.5. The summed E-state index contributed by atoms with van der Waals surface area (Å²) < 4.78 is 5.39. The van der Waals surface area contributed by atoms with Gasteiger partial charge in [0, 0.05) is 13.2 Å². The van der Waals surface area contributed by atoms with Gasteiger partial charge in [-0.1, -0.05) is 31.9 Å². The van der Waals surface area contributed by atoms with Crippen molar-refractivity contribution >= 4 is 5.97 Å². The Morgan fingerprint density at radius 1 is 1.42 bits per heavy atom. The molecule has 0 saturated carbocycles. The highest BCUT2D eigenvalue weighted by molar-refractivity contribution is 5.81. The van der Waals surface area contributed by atoms with E-state index in [4.69, 9.17) is 9.84 Å². The molecule has 0 aliphatic heterocycles. The number of methoxy groups -OCH3 is 1. The van der Waals surface area contributed by atoms with E-state index in [1.165, 1.54) is 12.5 Å². The normalized spacial score (nSPS) is 14.9. The largest absolute Gasteiger partial charge is 0.478 e. The van der Waals surface area contributed by atoms with Crippen molar-refractivity contribution in [2.24, 2.45) is 5.92 Å². The number of ether oxygens (including phenoxy) is 1. The number of carboxylic acids is 1. The van der Waals surface area contributed by atoms with E-state index in [0.29, 0.717) is 5.92 Å². The Bertz CT molecular complexity index is 327. The van der Waals surface area contributed by atoms with Gasteiger partial charge in [0.1, 0.15) is 0 Å². The molecule has 0 heterocycles. The van der Waals surface area contributed by atoms with Crippen LogP contribution in [0.25, 0.3) is 0 Å². The number of rotatable bonds is 9. The number of carboxylic acid groups (broad SMARTS) is 1. The summed E-state index contributed by atoms with van der Waals surface area (Å²) in [6.07, 6.45) is 9.53. The van der Waals surface area contributed by atoms with E-state index in [1.54, 1.807) is 14.0 Å². The quantitative estimate of drug-likeness (QED) is 0.503. The maximum atomic E-state index is 10.4. The van der Waals surface area contributed by atoms with Crippen LogP contribution in [0.5, 0.6) is 0 Å². The minimum Gasteiger partial charge on any atom is -0.478 e. The van der Waals surface area contributed by atoms with Crippen molar-refractivity contribution < 1.29 is 14.6 Å². The van der Waals surface area contributed by atoms with Gasteiger partial charge >= 0.3 is 5.97 Å². The van der Waals surface area contributed by atoms with Gasteiger partial charge in [-0.15, -0.1) is 0 Å². The fraction of sp³-hybridized carbons (Fsp3) is 0.688. The summed E-state index contributed by atoms with van der Waals surface area (Å²) >= 11 is 0. The number of carbonyl (C=O) groups is 1. The Labute approximate surface area is 117 Å². The van der Waals surface area contributed by atoms with Gasteiger partial charge in [0.25, 0.3) is 0 Å². The van der Waals surface area contributed by atoms with Crippen LogP contribution in [0.1, 0.15) is 53.4 Å². The molecule has 0 fully saturated rings. The number of hydrogen-bond donors (Lipinski definition) is 1. The monoisotopic (exact) mass is 268 g/mol. The molecule has 0 amide bonds. The molecule has 0 saturated heterocycles. The van der Waals surface area contributed by atoms with E-state index in [9.17, 15) is 4.79 Å². The van der Waals surface area contributed by atoms with E-state index >= 15 is 0 Å². The molecule has 3 nitrogen and oxygen atoms in total. The Kier molecular flexibility index (Phi) is 8.41. The van der Waals surface area contributed by atoms with Crippen molar-refractivity contribution in [1.29, 1.82) is 0 Å². The Balaban J connectivity index is 3.91. The van der Waals surface area contributed by atoms with Crippen LogP contribution in [0.3, 0.4) is 0 Å². The van der Waals surface area contributed by atoms with Crippen molar-refractivity contribution in [2.75, 3.05) is 7.11 Å². The van der Waals surface area contributed by atoms with E-state index in [2.05, 4.69) is 26.8 Å². The van der Waals surface area contributed by atoms with Gasteiger partial charge in [0.2, 0.25) is 0 Å². The van der Waals surface area contributed by atoms with Crippen LogP contribution in [-0.2, 0) is 9.53 Å². The van der Waals surface area contributed by atoms with Crippen molar-refractivity contribution in [1.82, 2.24) is 0 Å². The first-order valence-electron chi connectivity index (χ1n) is 6.90. The predicted octanol–water partition coefficient (Wildman–Crippen LogP) is 4.20. The van der Waals surface area contributed by atoms with Crippen LogP contribution >= 0.6 is 0 Å². The van der Waals surface area contributed by atoms with Crippen LogP contribution < -0.4 is 0 Å². The third-order valence-electron chi connectivity index (χ3n) is 3.30. The minimum absolute atomic E-state index is 0.0314. The summed E-state index contributed by atoms with van der Waals surface area (Å²) in [5, 5.41) is 8.59. The molecule has 3 heteroatoms. The number of aliphatic carboxylic acids is 1. The maximum Gasteiger partial charge on any atom is 0.328 e. The van der Waals surface area contributed by atoms with E-state index in [-0.39, 0.29) is 5.60 Å². The lowest BCUT2D eigenvalue weighted by atomic mass is 9.95. The van der Waals surface area contributed by atoms with Gasteiger partial charge in [0.15, 0.2) is 0 Å². The summed E-state index contributed by atoms with van der Waals surface area (Å²) in [5.74, 6) is -0.279. The molecule has 0 bridgehead atoms. The summed E-state index contributed by atoms with van der Waals surface area (Å²) in [4.78, 5) is 10.4. The summed E-state index contributed by atoms with van der Waals surface area (Å²) in [5.41, 5.74) is 0.747. The lowest BCUT2D eigenvalue weighted by Gasteiger charge is -2.23. The average Bonchev–Trinajstić information content (AvgIpc) is 2.27. The lowest BCUT2D eigenvalue weighted by molar-refractivity contribution is -0.131. The summed E-state index contributed by atoms with van der Waals surface area (Å²) in [7, 11) is 1.75. The molecule has 0 aliphatic carbocycles. The van der Waals surface area contributed by atoms with E-state index in [1.807, 2.05) is 6.08 Å². The first kappa shape index (κ1) is 17.9. The third-order valence-corrected chi connectivity index (χ3v) is 3.30. The van der Waals surface area contributed by atoms with Crippen LogP contribution in [-0.4, -0.2) is 23.8 Å².